The number of nitrogens with zero attached hydrogens (tertiary/aromatic N) is 2. The molecule has 1 aromatic heterocycles. The summed E-state index contributed by atoms with van der Waals surface area (Å²) in [6.07, 6.45) is 1.75. The van der Waals surface area contributed by atoms with Crippen LogP contribution in [0.1, 0.15) is 43.5 Å². The Morgan fingerprint density at radius 1 is 0.979 bits per heavy atom. The van der Waals surface area contributed by atoms with Crippen molar-refractivity contribution in [3.05, 3.63) is 111 Å². The van der Waals surface area contributed by atoms with Gasteiger partial charge in [-0.2, -0.15) is 0 Å². The minimum Gasteiger partial charge on any atom is -0.493 e. The van der Waals surface area contributed by atoms with Crippen molar-refractivity contribution in [2.45, 2.75) is 33.4 Å². The van der Waals surface area contributed by atoms with Gasteiger partial charge in [0, 0.05) is 20.1 Å². The highest BCUT2D eigenvalue weighted by atomic mass is 79.9. The normalized spacial score (nSPS) is 14.4. The molecule has 1 aliphatic heterocycles. The number of aromatic nitrogens is 1. The molecular formula is C34H31BrCl2N2O7S. The molecule has 47 heavy (non-hydrogen) atoms. The Kier molecular flexibility index (Phi) is 11.0. The van der Waals surface area contributed by atoms with E-state index in [2.05, 4.69) is 20.9 Å². The molecule has 0 amide bonds. The first-order valence-corrected chi connectivity index (χ1v) is 16.9. The molecule has 1 atom stereocenters. The zero-order chi connectivity index (χ0) is 33.8. The van der Waals surface area contributed by atoms with Gasteiger partial charge in [-0.05, 0) is 74.4 Å². The fourth-order valence-electron chi connectivity index (χ4n) is 5.11. The second kappa shape index (κ2) is 15.0. The molecule has 0 aliphatic carbocycles. The first-order valence-electron chi connectivity index (χ1n) is 14.5. The Morgan fingerprint density at radius 3 is 2.40 bits per heavy atom. The van der Waals surface area contributed by atoms with Crippen molar-refractivity contribution in [3.8, 4) is 23.0 Å². The number of methoxy groups -OCH3 is 2. The number of hydrogen-bond acceptors (Lipinski definition) is 9. The molecule has 0 spiro atoms. The van der Waals surface area contributed by atoms with Crippen molar-refractivity contribution in [1.29, 1.82) is 0 Å². The second-order valence-corrected chi connectivity index (χ2v) is 12.9. The van der Waals surface area contributed by atoms with Crippen LogP contribution in [0.25, 0.3) is 6.08 Å². The molecule has 1 aliphatic rings. The largest absolute Gasteiger partial charge is 0.493 e. The minimum absolute atomic E-state index is 0.162. The fraction of sp³-hybridized carbons (Fsp3) is 0.265. The van der Waals surface area contributed by atoms with Crippen LogP contribution in [0.2, 0.25) is 10.0 Å². The van der Waals surface area contributed by atoms with E-state index in [0.717, 1.165) is 5.56 Å². The Morgan fingerprint density at radius 2 is 1.72 bits per heavy atom. The van der Waals surface area contributed by atoms with Crippen LogP contribution in [0.4, 0.5) is 0 Å². The molecule has 4 aromatic rings. The first-order chi connectivity index (χ1) is 22.6. The molecule has 0 bridgehead atoms. The quantitative estimate of drug-likeness (QED) is 0.154. The third-order valence-electron chi connectivity index (χ3n) is 7.28. The number of hydrogen-bond donors (Lipinski definition) is 0. The van der Waals surface area contributed by atoms with Crippen molar-refractivity contribution < 1.29 is 28.5 Å². The van der Waals surface area contributed by atoms with E-state index in [1.54, 1.807) is 62.4 Å². The van der Waals surface area contributed by atoms with Crippen LogP contribution in [0.3, 0.4) is 0 Å². The maximum absolute atomic E-state index is 14.2. The highest BCUT2D eigenvalue weighted by Gasteiger charge is 2.35. The van der Waals surface area contributed by atoms with Gasteiger partial charge in [-0.15, -0.1) is 0 Å². The molecule has 3 aromatic carbocycles. The summed E-state index contributed by atoms with van der Waals surface area (Å²) < 4.78 is 30.9. The van der Waals surface area contributed by atoms with Crippen molar-refractivity contribution in [2.24, 2.45) is 4.99 Å². The van der Waals surface area contributed by atoms with Crippen molar-refractivity contribution in [2.75, 3.05) is 27.4 Å². The second-order valence-electron chi connectivity index (χ2n) is 10.2. The number of fused-ring (bicyclic) bond motifs is 1. The van der Waals surface area contributed by atoms with Crippen LogP contribution in [0.5, 0.6) is 23.0 Å². The van der Waals surface area contributed by atoms with Crippen LogP contribution in [0, 0.1) is 0 Å². The number of carbonyl (C=O) groups is 1. The Labute approximate surface area is 293 Å². The maximum Gasteiger partial charge on any atom is 0.338 e. The highest BCUT2D eigenvalue weighted by Crippen LogP contribution is 2.41. The van der Waals surface area contributed by atoms with Gasteiger partial charge in [0.25, 0.3) is 5.56 Å². The summed E-state index contributed by atoms with van der Waals surface area (Å²) in [4.78, 5) is 32.6. The van der Waals surface area contributed by atoms with Crippen LogP contribution in [0.15, 0.2) is 74.1 Å². The maximum atomic E-state index is 14.2. The lowest BCUT2D eigenvalue weighted by Gasteiger charge is -2.26. The van der Waals surface area contributed by atoms with Crippen molar-refractivity contribution >= 4 is 62.5 Å². The van der Waals surface area contributed by atoms with Gasteiger partial charge in [0.2, 0.25) is 0 Å². The zero-order valence-electron chi connectivity index (χ0n) is 26.2. The van der Waals surface area contributed by atoms with Gasteiger partial charge in [0.15, 0.2) is 27.8 Å². The lowest BCUT2D eigenvalue weighted by Crippen LogP contribution is -2.40. The Bertz CT molecular complexity index is 2060. The number of allylic oxidation sites excluding steroid dienone is 1. The average Bonchev–Trinajstić information content (AvgIpc) is 3.34. The van der Waals surface area contributed by atoms with Gasteiger partial charge in [-0.3, -0.25) is 9.36 Å². The van der Waals surface area contributed by atoms with E-state index in [4.69, 9.17) is 46.9 Å². The van der Waals surface area contributed by atoms with Crippen LogP contribution in [-0.4, -0.2) is 38.0 Å². The third-order valence-corrected chi connectivity index (χ3v) is 9.53. The first kappa shape index (κ1) is 34.6. The molecule has 0 fully saturated rings. The molecular weight excluding hydrogens is 731 g/mol. The third kappa shape index (κ3) is 7.23. The topological polar surface area (TPSA) is 97.6 Å². The lowest BCUT2D eigenvalue weighted by atomic mass is 9.95. The molecule has 5 rings (SSSR count). The van der Waals surface area contributed by atoms with E-state index in [1.165, 1.54) is 30.1 Å². The zero-order valence-corrected chi connectivity index (χ0v) is 30.1. The number of halogens is 3. The summed E-state index contributed by atoms with van der Waals surface area (Å²) in [6.45, 7) is 6.13. The van der Waals surface area contributed by atoms with E-state index >= 15 is 0 Å². The highest BCUT2D eigenvalue weighted by molar-refractivity contribution is 9.10. The predicted octanol–water partition coefficient (Wildman–Crippen LogP) is 6.86. The SMILES string of the molecule is CCOC(=O)C1=C(C)N=c2s/c(=C/c3ccc(OCc4ccc(Cl)cc4Cl)c(OC)c3)c(=O)n2[C@H]1c1cc(OC)c(OCC)cc1Br. The smallest absolute Gasteiger partial charge is 0.338 e. The summed E-state index contributed by atoms with van der Waals surface area (Å²) in [6, 6.07) is 13.2. The molecule has 246 valence electrons. The molecule has 9 nitrogen and oxygen atoms in total. The molecule has 0 radical (unpaired) electrons. The average molecular weight is 763 g/mol. The van der Waals surface area contributed by atoms with Crippen LogP contribution < -0.4 is 33.8 Å². The van der Waals surface area contributed by atoms with E-state index < -0.39 is 12.0 Å². The number of ether oxygens (including phenoxy) is 5. The molecule has 0 saturated carbocycles. The van der Waals surface area contributed by atoms with Gasteiger partial charge in [-0.25, -0.2) is 9.79 Å². The van der Waals surface area contributed by atoms with E-state index in [-0.39, 0.29) is 24.3 Å². The standard InChI is InChI=1S/C34H31BrCl2N2O7S/c1-6-44-28-16-23(35)22(15-27(28)43-5)31-30(33(41)45-7-2)18(3)38-34-39(31)32(40)29(47-34)13-19-8-11-25(26(12-19)42-4)46-17-20-9-10-21(36)14-24(20)37/h8-16,31H,6-7,17H2,1-5H3/b29-13+/t31-/m0/s1. The summed E-state index contributed by atoms with van der Waals surface area (Å²) in [5.74, 6) is 1.39. The molecule has 13 heteroatoms. The summed E-state index contributed by atoms with van der Waals surface area (Å²) in [5.41, 5.74) is 2.45. The number of esters is 1. The van der Waals surface area contributed by atoms with Gasteiger partial charge >= 0.3 is 5.97 Å². The van der Waals surface area contributed by atoms with Crippen LogP contribution >= 0.6 is 50.5 Å². The molecule has 0 saturated heterocycles. The van der Waals surface area contributed by atoms with Crippen molar-refractivity contribution in [1.82, 2.24) is 4.57 Å². The van der Waals surface area contributed by atoms with Gasteiger partial charge < -0.3 is 23.7 Å². The molecule has 2 heterocycles. The van der Waals surface area contributed by atoms with E-state index in [0.29, 0.717) is 70.3 Å². The lowest BCUT2D eigenvalue weighted by molar-refractivity contribution is -0.139. The molecule has 0 unspecified atom stereocenters. The van der Waals surface area contributed by atoms with Gasteiger partial charge in [0.05, 0.1) is 49.3 Å². The monoisotopic (exact) mass is 760 g/mol. The Hall–Kier alpha value is -3.77. The van der Waals surface area contributed by atoms with E-state index in [1.807, 2.05) is 13.0 Å². The Balaban J connectivity index is 1.59. The van der Waals surface area contributed by atoms with E-state index in [9.17, 15) is 9.59 Å². The summed E-state index contributed by atoms with van der Waals surface area (Å²) >= 11 is 17.2. The number of thiazole rings is 1. The summed E-state index contributed by atoms with van der Waals surface area (Å²) in [5, 5.41) is 1.04. The van der Waals surface area contributed by atoms with Crippen molar-refractivity contribution in [3.63, 3.8) is 0 Å². The summed E-state index contributed by atoms with van der Waals surface area (Å²) in [7, 11) is 3.07. The van der Waals surface area contributed by atoms with Gasteiger partial charge in [0.1, 0.15) is 6.61 Å². The molecule has 0 N–H and O–H groups in total. The van der Waals surface area contributed by atoms with Crippen LogP contribution in [-0.2, 0) is 16.1 Å². The minimum atomic E-state index is -0.851. The number of benzene rings is 3. The fourth-order valence-corrected chi connectivity index (χ4v) is 7.16. The number of carbonyl (C=O) groups excluding carboxylic acids is 1. The number of rotatable bonds is 11. The van der Waals surface area contributed by atoms with Gasteiger partial charge in [-0.1, -0.05) is 62.6 Å². The predicted molar refractivity (Wildman–Crippen MR) is 186 cm³/mol.